The van der Waals surface area contributed by atoms with Crippen molar-refractivity contribution in [3.05, 3.63) is 34.9 Å². The Hall–Kier alpha value is -0.570. The van der Waals surface area contributed by atoms with Crippen molar-refractivity contribution in [2.75, 3.05) is 20.3 Å². The van der Waals surface area contributed by atoms with Crippen LogP contribution in [0.4, 0.5) is 0 Å². The summed E-state index contributed by atoms with van der Waals surface area (Å²) in [6, 6.07) is 8.43. The Kier molecular flexibility index (Phi) is 5.81. The molecule has 1 rings (SSSR count). The smallest absolute Gasteiger partial charge is 0.0543 e. The molecule has 1 N–H and O–H groups in total. The van der Waals surface area contributed by atoms with E-state index in [0.717, 1.165) is 17.1 Å². The van der Waals surface area contributed by atoms with Gasteiger partial charge in [0.2, 0.25) is 0 Å². The van der Waals surface area contributed by atoms with Gasteiger partial charge >= 0.3 is 0 Å². The molecule has 1 aromatic carbocycles. The molecule has 0 radical (unpaired) electrons. The fourth-order valence-corrected chi connectivity index (χ4v) is 1.93. The first-order valence-electron chi connectivity index (χ1n) is 5.62. The molecule has 0 saturated carbocycles. The fraction of sp³-hybridized carbons (Fsp3) is 0.538. The summed E-state index contributed by atoms with van der Waals surface area (Å²) in [4.78, 5) is 0. The Morgan fingerprint density at radius 3 is 2.56 bits per heavy atom. The van der Waals surface area contributed by atoms with Crippen molar-refractivity contribution in [2.24, 2.45) is 0 Å². The average Bonchev–Trinajstić information content (AvgIpc) is 2.25. The van der Waals surface area contributed by atoms with Gasteiger partial charge in [0.15, 0.2) is 0 Å². The predicted octanol–water partition coefficient (Wildman–Crippen LogP) is 3.07. The molecule has 0 aliphatic rings. The topological polar surface area (TPSA) is 21.3 Å². The Balaban J connectivity index is 2.73. The third-order valence-electron chi connectivity index (χ3n) is 2.49. The van der Waals surface area contributed by atoms with Gasteiger partial charge in [0, 0.05) is 30.6 Å². The number of rotatable bonds is 6. The molecule has 3 heteroatoms. The quantitative estimate of drug-likeness (QED) is 0.827. The molecule has 0 saturated heterocycles. The normalized spacial score (nSPS) is 13.1. The van der Waals surface area contributed by atoms with Crippen LogP contribution in [0.1, 0.15) is 25.3 Å². The highest BCUT2D eigenvalue weighted by Gasteiger charge is 2.14. The van der Waals surface area contributed by atoms with Crippen LogP contribution in [0.2, 0.25) is 5.02 Å². The first-order valence-corrected chi connectivity index (χ1v) is 5.99. The van der Waals surface area contributed by atoms with Crippen molar-refractivity contribution in [2.45, 2.75) is 25.8 Å². The zero-order chi connectivity index (χ0) is 12.0. The summed E-state index contributed by atoms with van der Waals surface area (Å²) < 4.78 is 5.25. The summed E-state index contributed by atoms with van der Waals surface area (Å²) in [5.41, 5.74) is 1.15. The molecule has 0 aliphatic heterocycles. The Bertz CT molecular complexity index is 315. The molecule has 2 nitrogen and oxygen atoms in total. The third kappa shape index (κ3) is 4.12. The minimum Gasteiger partial charge on any atom is -0.384 e. The maximum Gasteiger partial charge on any atom is 0.0543 e. The van der Waals surface area contributed by atoms with Gasteiger partial charge in [-0.1, -0.05) is 43.6 Å². The van der Waals surface area contributed by atoms with E-state index in [2.05, 4.69) is 25.2 Å². The van der Waals surface area contributed by atoms with E-state index in [1.165, 1.54) is 0 Å². The summed E-state index contributed by atoms with van der Waals surface area (Å²) >= 11 is 6.19. The highest BCUT2D eigenvalue weighted by atomic mass is 35.5. The lowest BCUT2D eigenvalue weighted by Gasteiger charge is -2.20. The monoisotopic (exact) mass is 241 g/mol. The van der Waals surface area contributed by atoms with Gasteiger partial charge in [-0.15, -0.1) is 0 Å². The van der Waals surface area contributed by atoms with Crippen LogP contribution >= 0.6 is 11.6 Å². The summed E-state index contributed by atoms with van der Waals surface area (Å²) in [5, 5.41) is 4.23. The van der Waals surface area contributed by atoms with Gasteiger partial charge in [-0.2, -0.15) is 0 Å². The van der Waals surface area contributed by atoms with Crippen LogP contribution in [-0.2, 0) is 4.74 Å². The van der Waals surface area contributed by atoms with Crippen LogP contribution in [-0.4, -0.2) is 26.3 Å². The SMILES string of the molecule is COCC(CNC(C)C)c1ccccc1Cl. The van der Waals surface area contributed by atoms with Gasteiger partial charge in [-0.3, -0.25) is 0 Å². The van der Waals surface area contributed by atoms with Gasteiger partial charge in [-0.25, -0.2) is 0 Å². The number of hydrogen-bond acceptors (Lipinski definition) is 2. The van der Waals surface area contributed by atoms with E-state index in [9.17, 15) is 0 Å². The number of ether oxygens (including phenoxy) is 1. The second-order valence-electron chi connectivity index (χ2n) is 4.24. The van der Waals surface area contributed by atoms with Crippen LogP contribution in [0.15, 0.2) is 24.3 Å². The van der Waals surface area contributed by atoms with Gasteiger partial charge in [0.25, 0.3) is 0 Å². The number of hydrogen-bond donors (Lipinski definition) is 1. The Morgan fingerprint density at radius 2 is 2.00 bits per heavy atom. The molecule has 0 aromatic heterocycles. The number of benzene rings is 1. The van der Waals surface area contributed by atoms with E-state index in [0.29, 0.717) is 18.6 Å². The van der Waals surface area contributed by atoms with Crippen LogP contribution in [0, 0.1) is 0 Å². The van der Waals surface area contributed by atoms with Crippen molar-refractivity contribution < 1.29 is 4.74 Å². The molecule has 0 heterocycles. The maximum atomic E-state index is 6.19. The van der Waals surface area contributed by atoms with Crippen molar-refractivity contribution in [1.82, 2.24) is 5.32 Å². The molecule has 16 heavy (non-hydrogen) atoms. The van der Waals surface area contributed by atoms with Crippen LogP contribution < -0.4 is 5.32 Å². The van der Waals surface area contributed by atoms with Crippen molar-refractivity contribution >= 4 is 11.6 Å². The van der Waals surface area contributed by atoms with Crippen molar-refractivity contribution in [3.8, 4) is 0 Å². The lowest BCUT2D eigenvalue weighted by molar-refractivity contribution is 0.177. The number of nitrogens with one attached hydrogen (secondary N) is 1. The second-order valence-corrected chi connectivity index (χ2v) is 4.64. The minimum atomic E-state index is 0.307. The first-order chi connectivity index (χ1) is 7.65. The van der Waals surface area contributed by atoms with E-state index in [1.807, 2.05) is 18.2 Å². The van der Waals surface area contributed by atoms with E-state index in [4.69, 9.17) is 16.3 Å². The molecule has 1 unspecified atom stereocenters. The largest absolute Gasteiger partial charge is 0.384 e. The zero-order valence-corrected chi connectivity index (χ0v) is 10.9. The summed E-state index contributed by atoms with van der Waals surface area (Å²) in [6.07, 6.45) is 0. The van der Waals surface area contributed by atoms with Crippen LogP contribution in [0.3, 0.4) is 0 Å². The van der Waals surface area contributed by atoms with Crippen LogP contribution in [0.5, 0.6) is 0 Å². The van der Waals surface area contributed by atoms with Crippen molar-refractivity contribution in [1.29, 1.82) is 0 Å². The fourth-order valence-electron chi connectivity index (χ4n) is 1.64. The Morgan fingerprint density at radius 1 is 1.31 bits per heavy atom. The maximum absolute atomic E-state index is 6.19. The lowest BCUT2D eigenvalue weighted by atomic mass is 9.99. The summed E-state index contributed by atoms with van der Waals surface area (Å²) in [7, 11) is 1.72. The zero-order valence-electron chi connectivity index (χ0n) is 10.2. The molecule has 90 valence electrons. The predicted molar refractivity (Wildman–Crippen MR) is 69.2 cm³/mol. The third-order valence-corrected chi connectivity index (χ3v) is 2.83. The second kappa shape index (κ2) is 6.89. The highest BCUT2D eigenvalue weighted by molar-refractivity contribution is 6.31. The molecule has 0 fully saturated rings. The van der Waals surface area contributed by atoms with Crippen molar-refractivity contribution in [3.63, 3.8) is 0 Å². The van der Waals surface area contributed by atoms with E-state index >= 15 is 0 Å². The molecule has 1 aromatic rings. The van der Waals surface area contributed by atoms with Gasteiger partial charge in [0.05, 0.1) is 6.61 Å². The van der Waals surface area contributed by atoms with E-state index < -0.39 is 0 Å². The van der Waals surface area contributed by atoms with Gasteiger partial charge < -0.3 is 10.1 Å². The molecular weight excluding hydrogens is 222 g/mol. The number of halogens is 1. The molecule has 0 amide bonds. The molecule has 0 spiro atoms. The lowest BCUT2D eigenvalue weighted by Crippen LogP contribution is -2.29. The average molecular weight is 242 g/mol. The first kappa shape index (κ1) is 13.5. The Labute approximate surface area is 103 Å². The summed E-state index contributed by atoms with van der Waals surface area (Å²) in [5.74, 6) is 0.307. The molecule has 0 aliphatic carbocycles. The number of methoxy groups -OCH3 is 1. The minimum absolute atomic E-state index is 0.307. The van der Waals surface area contributed by atoms with Crippen LogP contribution in [0.25, 0.3) is 0 Å². The summed E-state index contributed by atoms with van der Waals surface area (Å²) in [6.45, 7) is 5.84. The standard InChI is InChI=1S/C13H20ClNO/c1-10(2)15-8-11(9-16-3)12-6-4-5-7-13(12)14/h4-7,10-11,15H,8-9H2,1-3H3. The molecule has 0 bridgehead atoms. The molecular formula is C13H20ClNO. The van der Waals surface area contributed by atoms with Gasteiger partial charge in [-0.05, 0) is 11.6 Å². The molecule has 1 atom stereocenters. The highest BCUT2D eigenvalue weighted by Crippen LogP contribution is 2.24. The van der Waals surface area contributed by atoms with E-state index in [-0.39, 0.29) is 0 Å². The van der Waals surface area contributed by atoms with E-state index in [1.54, 1.807) is 7.11 Å². The van der Waals surface area contributed by atoms with Gasteiger partial charge in [0.1, 0.15) is 0 Å².